The lowest BCUT2D eigenvalue weighted by atomic mass is 9.92. The molecule has 0 spiro atoms. The molecule has 0 aromatic heterocycles. The summed E-state index contributed by atoms with van der Waals surface area (Å²) in [6.07, 6.45) is 0.241. The Morgan fingerprint density at radius 3 is 2.46 bits per heavy atom. The van der Waals surface area contributed by atoms with E-state index in [1.165, 1.54) is 0 Å². The zero-order valence-electron chi connectivity index (χ0n) is 15.1. The Kier molecular flexibility index (Phi) is 5.56. The molecule has 2 amide bonds. The maximum atomic E-state index is 12.8. The van der Waals surface area contributed by atoms with Crippen molar-refractivity contribution < 1.29 is 14.3 Å². The highest BCUT2D eigenvalue weighted by atomic mass is 16.5. The lowest BCUT2D eigenvalue weighted by Gasteiger charge is -2.27. The third kappa shape index (κ3) is 3.72. The van der Waals surface area contributed by atoms with Crippen LogP contribution in [-0.4, -0.2) is 30.4 Å². The summed E-state index contributed by atoms with van der Waals surface area (Å²) in [5.74, 6) is 0.304. The molecule has 1 aliphatic rings. The number of hydrogen-bond donors (Lipinski definition) is 1. The van der Waals surface area contributed by atoms with E-state index >= 15 is 0 Å². The Morgan fingerprint density at radius 2 is 1.85 bits per heavy atom. The molecule has 0 radical (unpaired) electrons. The van der Waals surface area contributed by atoms with Crippen molar-refractivity contribution in [3.8, 4) is 5.75 Å². The van der Waals surface area contributed by atoms with E-state index in [4.69, 9.17) is 4.74 Å². The van der Waals surface area contributed by atoms with Crippen molar-refractivity contribution in [3.05, 3.63) is 65.7 Å². The predicted octanol–water partition coefficient (Wildman–Crippen LogP) is 2.92. The maximum Gasteiger partial charge on any atom is 0.226 e. The molecule has 1 N–H and O–H groups in total. The topological polar surface area (TPSA) is 58.6 Å². The first kappa shape index (κ1) is 18.0. The number of ether oxygens (including phenoxy) is 1. The Morgan fingerprint density at radius 1 is 1.15 bits per heavy atom. The van der Waals surface area contributed by atoms with E-state index in [0.717, 1.165) is 16.9 Å². The van der Waals surface area contributed by atoms with Gasteiger partial charge in [-0.2, -0.15) is 0 Å². The standard InChI is InChI=1S/C21H24N2O3/c1-3-23-19(24)13-18(20(23)16-9-11-17(26-2)12-10-16)21(25)22-14-15-7-5-4-6-8-15/h4-12,18,20H,3,13-14H2,1-2H3,(H,22,25)/t18-,20+/m1/s1. The Balaban J connectivity index is 1.78. The quantitative estimate of drug-likeness (QED) is 0.870. The fourth-order valence-electron chi connectivity index (χ4n) is 3.53. The molecule has 5 nitrogen and oxygen atoms in total. The molecule has 0 unspecified atom stereocenters. The Bertz CT molecular complexity index is 759. The zero-order valence-corrected chi connectivity index (χ0v) is 15.1. The molecule has 2 aromatic rings. The van der Waals surface area contributed by atoms with Gasteiger partial charge in [0, 0.05) is 19.5 Å². The molecule has 136 valence electrons. The van der Waals surface area contributed by atoms with Crippen LogP contribution >= 0.6 is 0 Å². The normalized spacial score (nSPS) is 19.5. The molecule has 0 bridgehead atoms. The third-order valence-electron chi connectivity index (χ3n) is 4.88. The van der Waals surface area contributed by atoms with Crippen molar-refractivity contribution in [1.82, 2.24) is 10.2 Å². The predicted molar refractivity (Wildman–Crippen MR) is 99.5 cm³/mol. The first-order valence-electron chi connectivity index (χ1n) is 8.89. The molecule has 0 aliphatic carbocycles. The number of benzene rings is 2. The van der Waals surface area contributed by atoms with Gasteiger partial charge in [-0.3, -0.25) is 9.59 Å². The summed E-state index contributed by atoms with van der Waals surface area (Å²) < 4.78 is 5.21. The monoisotopic (exact) mass is 352 g/mol. The molecule has 1 heterocycles. The number of methoxy groups -OCH3 is 1. The fraction of sp³-hybridized carbons (Fsp3) is 0.333. The number of nitrogens with zero attached hydrogens (tertiary/aromatic N) is 1. The number of likely N-dealkylation sites (tertiary alicyclic amines) is 1. The van der Waals surface area contributed by atoms with Crippen LogP contribution in [0.3, 0.4) is 0 Å². The van der Waals surface area contributed by atoms with Gasteiger partial charge in [-0.05, 0) is 30.2 Å². The van der Waals surface area contributed by atoms with E-state index < -0.39 is 0 Å². The number of nitrogens with one attached hydrogen (secondary N) is 1. The van der Waals surface area contributed by atoms with Gasteiger partial charge in [-0.25, -0.2) is 0 Å². The van der Waals surface area contributed by atoms with Gasteiger partial charge in [0.05, 0.1) is 19.1 Å². The van der Waals surface area contributed by atoms with Gasteiger partial charge in [0.25, 0.3) is 0 Å². The Hall–Kier alpha value is -2.82. The average molecular weight is 352 g/mol. The minimum atomic E-state index is -0.389. The molecule has 0 saturated carbocycles. The highest BCUT2D eigenvalue weighted by molar-refractivity contribution is 5.90. The molecular weight excluding hydrogens is 328 g/mol. The largest absolute Gasteiger partial charge is 0.497 e. The van der Waals surface area contributed by atoms with E-state index in [0.29, 0.717) is 13.1 Å². The first-order valence-corrected chi connectivity index (χ1v) is 8.89. The summed E-state index contributed by atoms with van der Waals surface area (Å²) in [7, 11) is 1.62. The lowest BCUT2D eigenvalue weighted by Crippen LogP contribution is -2.35. The number of amides is 2. The first-order chi connectivity index (χ1) is 12.6. The van der Waals surface area contributed by atoms with Crippen LogP contribution in [0.25, 0.3) is 0 Å². The number of carbonyl (C=O) groups excluding carboxylic acids is 2. The second-order valence-electron chi connectivity index (χ2n) is 6.41. The van der Waals surface area contributed by atoms with Crippen molar-refractivity contribution in [2.75, 3.05) is 13.7 Å². The van der Waals surface area contributed by atoms with Gasteiger partial charge in [0.2, 0.25) is 11.8 Å². The summed E-state index contributed by atoms with van der Waals surface area (Å²) in [6.45, 7) is 2.99. The van der Waals surface area contributed by atoms with Crippen LogP contribution in [0, 0.1) is 5.92 Å². The third-order valence-corrected chi connectivity index (χ3v) is 4.88. The van der Waals surface area contributed by atoms with Crippen LogP contribution in [0.4, 0.5) is 0 Å². The molecule has 26 heavy (non-hydrogen) atoms. The van der Waals surface area contributed by atoms with Gasteiger partial charge < -0.3 is 15.0 Å². The van der Waals surface area contributed by atoms with Crippen LogP contribution < -0.4 is 10.1 Å². The molecular formula is C21H24N2O3. The SMILES string of the molecule is CCN1C(=O)C[C@@H](C(=O)NCc2ccccc2)[C@@H]1c1ccc(OC)cc1. The second kappa shape index (κ2) is 8.04. The van der Waals surface area contributed by atoms with Crippen LogP contribution in [0.2, 0.25) is 0 Å². The fourth-order valence-corrected chi connectivity index (χ4v) is 3.53. The highest BCUT2D eigenvalue weighted by Gasteiger charge is 2.43. The van der Waals surface area contributed by atoms with E-state index in [1.54, 1.807) is 12.0 Å². The molecule has 3 rings (SSSR count). The van der Waals surface area contributed by atoms with Crippen LogP contribution in [0.1, 0.15) is 30.5 Å². The van der Waals surface area contributed by atoms with Crippen molar-refractivity contribution in [1.29, 1.82) is 0 Å². The summed E-state index contributed by atoms with van der Waals surface area (Å²) in [5, 5.41) is 2.99. The lowest BCUT2D eigenvalue weighted by molar-refractivity contribution is -0.129. The molecule has 2 aromatic carbocycles. The minimum Gasteiger partial charge on any atom is -0.497 e. The van der Waals surface area contributed by atoms with Crippen LogP contribution in [0.5, 0.6) is 5.75 Å². The second-order valence-corrected chi connectivity index (χ2v) is 6.41. The van der Waals surface area contributed by atoms with E-state index in [-0.39, 0.29) is 30.2 Å². The molecule has 5 heteroatoms. The zero-order chi connectivity index (χ0) is 18.5. The molecule has 2 atom stereocenters. The average Bonchev–Trinajstić information content (AvgIpc) is 3.03. The number of rotatable bonds is 6. The van der Waals surface area contributed by atoms with Crippen LogP contribution in [0.15, 0.2) is 54.6 Å². The van der Waals surface area contributed by atoms with Crippen molar-refractivity contribution in [2.45, 2.75) is 25.9 Å². The van der Waals surface area contributed by atoms with Crippen molar-refractivity contribution >= 4 is 11.8 Å². The smallest absolute Gasteiger partial charge is 0.226 e. The number of hydrogen-bond acceptors (Lipinski definition) is 3. The van der Waals surface area contributed by atoms with Gasteiger partial charge >= 0.3 is 0 Å². The highest BCUT2D eigenvalue weighted by Crippen LogP contribution is 2.38. The van der Waals surface area contributed by atoms with E-state index in [2.05, 4.69) is 5.32 Å². The maximum absolute atomic E-state index is 12.8. The number of carbonyl (C=O) groups is 2. The summed E-state index contributed by atoms with van der Waals surface area (Å²) >= 11 is 0. The minimum absolute atomic E-state index is 0.0215. The van der Waals surface area contributed by atoms with Crippen LogP contribution in [-0.2, 0) is 16.1 Å². The van der Waals surface area contributed by atoms with Gasteiger partial charge in [-0.1, -0.05) is 42.5 Å². The van der Waals surface area contributed by atoms with Crippen molar-refractivity contribution in [2.24, 2.45) is 5.92 Å². The van der Waals surface area contributed by atoms with Gasteiger partial charge in [0.15, 0.2) is 0 Å². The summed E-state index contributed by atoms with van der Waals surface area (Å²) in [4.78, 5) is 27.0. The van der Waals surface area contributed by atoms with Crippen molar-refractivity contribution in [3.63, 3.8) is 0 Å². The Labute approximate surface area is 154 Å². The molecule has 1 saturated heterocycles. The van der Waals surface area contributed by atoms with E-state index in [1.807, 2.05) is 61.5 Å². The summed E-state index contributed by atoms with van der Waals surface area (Å²) in [6, 6.07) is 17.1. The van der Waals surface area contributed by atoms with Gasteiger partial charge in [0.1, 0.15) is 5.75 Å². The van der Waals surface area contributed by atoms with Gasteiger partial charge in [-0.15, -0.1) is 0 Å². The molecule has 1 aliphatic heterocycles. The molecule has 1 fully saturated rings. The van der Waals surface area contributed by atoms with E-state index in [9.17, 15) is 9.59 Å². The summed E-state index contributed by atoms with van der Waals surface area (Å²) in [5.41, 5.74) is 2.00.